The van der Waals surface area contributed by atoms with E-state index in [0.29, 0.717) is 0 Å². The van der Waals surface area contributed by atoms with Crippen molar-refractivity contribution in [2.24, 2.45) is 10.2 Å². The zero-order valence-electron chi connectivity index (χ0n) is 9.96. The van der Waals surface area contributed by atoms with E-state index in [1.807, 2.05) is 61.6 Å². The number of rotatable bonds is 3. The predicted octanol–water partition coefficient (Wildman–Crippen LogP) is 2.98. The number of azo groups is 1. The van der Waals surface area contributed by atoms with Crippen LogP contribution in [0.15, 0.2) is 59.0 Å². The smallest absolute Gasteiger partial charge is 0.194 e. The van der Waals surface area contributed by atoms with Crippen molar-refractivity contribution < 1.29 is 4.98 Å². The Labute approximate surface area is 101 Å². The van der Waals surface area contributed by atoms with Crippen molar-refractivity contribution >= 4 is 17.1 Å². The van der Waals surface area contributed by atoms with Crippen molar-refractivity contribution in [2.45, 2.75) is 0 Å². The lowest BCUT2D eigenvalue weighted by atomic mass is 10.3. The lowest BCUT2D eigenvalue weighted by Crippen LogP contribution is -2.07. The van der Waals surface area contributed by atoms with Crippen LogP contribution in [-0.4, -0.2) is 14.1 Å². The first-order chi connectivity index (χ1) is 8.25. The van der Waals surface area contributed by atoms with Crippen molar-refractivity contribution in [3.8, 4) is 0 Å². The van der Waals surface area contributed by atoms with Gasteiger partial charge in [0.25, 0.3) is 0 Å². The molecular formula is C13H15N4+. The predicted molar refractivity (Wildman–Crippen MR) is 67.9 cm³/mol. The van der Waals surface area contributed by atoms with Gasteiger partial charge in [0.05, 0.1) is 5.69 Å². The summed E-state index contributed by atoms with van der Waals surface area (Å²) in [6, 6.07) is 11.7. The average molecular weight is 227 g/mol. The van der Waals surface area contributed by atoms with E-state index in [4.69, 9.17) is 0 Å². The third-order valence-corrected chi connectivity index (χ3v) is 2.34. The molecule has 1 aromatic carbocycles. The Hall–Kier alpha value is -2.23. The third kappa shape index (κ3) is 3.11. The highest BCUT2D eigenvalue weighted by atomic mass is 15.1. The Kier molecular flexibility index (Phi) is 3.45. The topological polar surface area (TPSA) is 42.1 Å². The van der Waals surface area contributed by atoms with Gasteiger partial charge in [-0.05, 0) is 30.3 Å². The second-order valence-electron chi connectivity index (χ2n) is 3.87. The van der Waals surface area contributed by atoms with Gasteiger partial charge in [-0.1, -0.05) is 0 Å². The van der Waals surface area contributed by atoms with Gasteiger partial charge < -0.3 is 4.90 Å². The van der Waals surface area contributed by atoms with Gasteiger partial charge in [0, 0.05) is 25.8 Å². The molecule has 0 spiro atoms. The fourth-order valence-corrected chi connectivity index (χ4v) is 1.38. The van der Waals surface area contributed by atoms with Crippen LogP contribution in [0.25, 0.3) is 0 Å². The Balaban J connectivity index is 2.12. The zero-order chi connectivity index (χ0) is 12.1. The Morgan fingerprint density at radius 3 is 2.24 bits per heavy atom. The highest BCUT2D eigenvalue weighted by Crippen LogP contribution is 2.20. The second-order valence-corrected chi connectivity index (χ2v) is 3.87. The molecule has 0 aliphatic rings. The summed E-state index contributed by atoms with van der Waals surface area (Å²) in [5.41, 5.74) is 2.81. The molecule has 2 rings (SSSR count). The summed E-state index contributed by atoms with van der Waals surface area (Å²) in [6.45, 7) is 0. The molecule has 0 bridgehead atoms. The van der Waals surface area contributed by atoms with Crippen LogP contribution < -0.4 is 9.88 Å². The Morgan fingerprint density at radius 1 is 0.941 bits per heavy atom. The van der Waals surface area contributed by atoms with E-state index in [1.54, 1.807) is 6.20 Å². The third-order valence-electron chi connectivity index (χ3n) is 2.34. The maximum absolute atomic E-state index is 4.16. The van der Waals surface area contributed by atoms with Crippen LogP contribution in [-0.2, 0) is 0 Å². The molecule has 0 radical (unpaired) electrons. The molecule has 0 aliphatic heterocycles. The number of H-pyrrole nitrogens is 1. The minimum absolute atomic E-state index is 0.809. The Bertz CT molecular complexity index is 489. The quantitative estimate of drug-likeness (QED) is 0.743. The molecule has 1 aromatic heterocycles. The standard InChI is InChI=1S/C13H14N4/c1-17(2)13-7-5-11(6-8-13)15-16-12-4-3-9-14-10-12/h3-10H,1-2H3/p+1. The molecule has 0 saturated carbocycles. The van der Waals surface area contributed by atoms with Crippen LogP contribution in [0, 0.1) is 0 Å². The van der Waals surface area contributed by atoms with Gasteiger partial charge in [-0.2, -0.15) is 5.11 Å². The van der Waals surface area contributed by atoms with E-state index in [1.165, 1.54) is 0 Å². The summed E-state index contributed by atoms with van der Waals surface area (Å²) in [4.78, 5) is 5.01. The van der Waals surface area contributed by atoms with Crippen molar-refractivity contribution in [1.82, 2.24) is 0 Å². The van der Waals surface area contributed by atoms with Crippen LogP contribution in [0.4, 0.5) is 17.1 Å². The van der Waals surface area contributed by atoms with Crippen LogP contribution >= 0.6 is 0 Å². The number of hydrogen-bond acceptors (Lipinski definition) is 3. The minimum Gasteiger partial charge on any atom is -0.378 e. The lowest BCUT2D eigenvalue weighted by Gasteiger charge is -2.11. The van der Waals surface area contributed by atoms with Crippen LogP contribution in [0.2, 0.25) is 0 Å². The lowest BCUT2D eigenvalue weighted by molar-refractivity contribution is -0.377. The SMILES string of the molecule is CN(C)c1ccc(N=Nc2ccc[nH+]c2)cc1. The number of benzene rings is 1. The maximum atomic E-state index is 4.16. The minimum atomic E-state index is 0.809. The van der Waals surface area contributed by atoms with Gasteiger partial charge in [-0.3, -0.25) is 0 Å². The number of nitrogens with one attached hydrogen (secondary N) is 1. The number of aromatic nitrogens is 1. The molecule has 0 saturated heterocycles. The molecule has 0 atom stereocenters. The number of hydrogen-bond donors (Lipinski definition) is 0. The largest absolute Gasteiger partial charge is 0.378 e. The summed E-state index contributed by atoms with van der Waals surface area (Å²) in [7, 11) is 4.02. The first-order valence-corrected chi connectivity index (χ1v) is 5.41. The monoisotopic (exact) mass is 227 g/mol. The van der Waals surface area contributed by atoms with Gasteiger partial charge >= 0.3 is 0 Å². The molecule has 2 aromatic rings. The summed E-state index contributed by atoms with van der Waals surface area (Å²) in [5, 5.41) is 8.29. The maximum Gasteiger partial charge on any atom is 0.194 e. The van der Waals surface area contributed by atoms with Crippen molar-refractivity contribution in [1.29, 1.82) is 0 Å². The normalized spacial score (nSPS) is 10.7. The van der Waals surface area contributed by atoms with Gasteiger partial charge in [0.1, 0.15) is 5.69 Å². The molecule has 0 amide bonds. The van der Waals surface area contributed by atoms with Crippen molar-refractivity contribution in [3.63, 3.8) is 0 Å². The van der Waals surface area contributed by atoms with Crippen molar-refractivity contribution in [2.75, 3.05) is 19.0 Å². The van der Waals surface area contributed by atoms with E-state index in [2.05, 4.69) is 15.2 Å². The zero-order valence-corrected chi connectivity index (χ0v) is 9.96. The molecule has 4 nitrogen and oxygen atoms in total. The average Bonchev–Trinajstić information content (AvgIpc) is 2.38. The first-order valence-electron chi connectivity index (χ1n) is 5.41. The summed E-state index contributed by atoms with van der Waals surface area (Å²) in [5.74, 6) is 0. The molecular weight excluding hydrogens is 212 g/mol. The van der Waals surface area contributed by atoms with Crippen LogP contribution in [0.5, 0.6) is 0 Å². The van der Waals surface area contributed by atoms with Gasteiger partial charge in [0.15, 0.2) is 12.4 Å². The second kappa shape index (κ2) is 5.21. The molecule has 1 heterocycles. The molecule has 4 heteroatoms. The van der Waals surface area contributed by atoms with E-state index in [0.717, 1.165) is 17.1 Å². The fraction of sp³-hybridized carbons (Fsp3) is 0.154. The van der Waals surface area contributed by atoms with E-state index in [-0.39, 0.29) is 0 Å². The van der Waals surface area contributed by atoms with E-state index < -0.39 is 0 Å². The summed E-state index contributed by atoms with van der Waals surface area (Å²) in [6.07, 6.45) is 3.64. The number of pyridine rings is 1. The van der Waals surface area contributed by atoms with E-state index in [9.17, 15) is 0 Å². The molecule has 0 fully saturated rings. The molecule has 0 unspecified atom stereocenters. The number of aromatic amines is 1. The van der Waals surface area contributed by atoms with Crippen molar-refractivity contribution in [3.05, 3.63) is 48.8 Å². The van der Waals surface area contributed by atoms with Gasteiger partial charge in [0.2, 0.25) is 0 Å². The summed E-state index contributed by atoms with van der Waals surface area (Å²) < 4.78 is 0. The highest BCUT2D eigenvalue weighted by molar-refractivity contribution is 5.51. The Morgan fingerprint density at radius 2 is 1.65 bits per heavy atom. The van der Waals surface area contributed by atoms with Crippen LogP contribution in [0.3, 0.4) is 0 Å². The van der Waals surface area contributed by atoms with Gasteiger partial charge in [-0.15, -0.1) is 5.11 Å². The van der Waals surface area contributed by atoms with Crippen LogP contribution in [0.1, 0.15) is 0 Å². The number of nitrogens with zero attached hydrogens (tertiary/aromatic N) is 3. The van der Waals surface area contributed by atoms with Gasteiger partial charge in [-0.25, -0.2) is 4.98 Å². The molecule has 0 aliphatic carbocycles. The molecule has 1 N–H and O–H groups in total. The first kappa shape index (κ1) is 11.3. The molecule has 86 valence electrons. The molecule has 17 heavy (non-hydrogen) atoms. The van der Waals surface area contributed by atoms with E-state index >= 15 is 0 Å². The summed E-state index contributed by atoms with van der Waals surface area (Å²) >= 11 is 0. The fourth-order valence-electron chi connectivity index (χ4n) is 1.38. The highest BCUT2D eigenvalue weighted by Gasteiger charge is 1.95. The number of anilines is 1.